The summed E-state index contributed by atoms with van der Waals surface area (Å²) in [6.45, 7) is 5.72. The number of phenols is 1. The Kier molecular flexibility index (Phi) is 4.61. The molecule has 100 valence electrons. The van der Waals surface area contributed by atoms with Crippen LogP contribution in [0.4, 0.5) is 0 Å². The highest BCUT2D eigenvalue weighted by molar-refractivity contribution is 5.28. The van der Waals surface area contributed by atoms with E-state index in [1.807, 2.05) is 7.05 Å². The van der Waals surface area contributed by atoms with Crippen LogP contribution in [0, 0.1) is 5.92 Å². The van der Waals surface area contributed by atoms with Gasteiger partial charge >= 0.3 is 0 Å². The molecule has 3 heteroatoms. The first-order chi connectivity index (χ1) is 8.74. The number of hydrogen-bond donors (Lipinski definition) is 2. The SMILES string of the molecule is CCC(c1ccc(O)cc1)N1CCC(CNC)C1. The van der Waals surface area contributed by atoms with Gasteiger partial charge in [0.25, 0.3) is 0 Å². The Bertz CT molecular complexity index is 363. The van der Waals surface area contributed by atoms with Gasteiger partial charge in [0.15, 0.2) is 0 Å². The Morgan fingerprint density at radius 3 is 2.72 bits per heavy atom. The van der Waals surface area contributed by atoms with Crippen LogP contribution in [-0.4, -0.2) is 36.7 Å². The van der Waals surface area contributed by atoms with Crippen LogP contribution < -0.4 is 5.32 Å². The van der Waals surface area contributed by atoms with Gasteiger partial charge in [-0.1, -0.05) is 19.1 Å². The number of nitrogens with zero attached hydrogens (tertiary/aromatic N) is 1. The van der Waals surface area contributed by atoms with Crippen LogP contribution >= 0.6 is 0 Å². The zero-order valence-electron chi connectivity index (χ0n) is 11.4. The molecular weight excluding hydrogens is 224 g/mol. The third kappa shape index (κ3) is 3.03. The predicted molar refractivity (Wildman–Crippen MR) is 74.7 cm³/mol. The van der Waals surface area contributed by atoms with E-state index in [4.69, 9.17) is 0 Å². The van der Waals surface area contributed by atoms with Crippen LogP contribution in [0.2, 0.25) is 0 Å². The molecule has 2 unspecified atom stereocenters. The summed E-state index contributed by atoms with van der Waals surface area (Å²) in [6, 6.07) is 8.18. The lowest BCUT2D eigenvalue weighted by atomic mass is 10.0. The van der Waals surface area contributed by atoms with Gasteiger partial charge in [-0.25, -0.2) is 0 Å². The molecule has 0 aromatic heterocycles. The molecule has 1 aromatic carbocycles. The van der Waals surface area contributed by atoms with E-state index in [9.17, 15) is 5.11 Å². The van der Waals surface area contributed by atoms with E-state index in [1.165, 1.54) is 25.1 Å². The molecule has 0 aliphatic carbocycles. The second-order valence-electron chi connectivity index (χ2n) is 5.22. The standard InChI is InChI=1S/C15H24N2O/c1-3-15(13-4-6-14(18)7-5-13)17-9-8-12(11-17)10-16-2/h4-7,12,15-16,18H,3,8-11H2,1-2H3. The number of benzene rings is 1. The molecule has 2 rings (SSSR count). The minimum atomic E-state index is 0.350. The van der Waals surface area contributed by atoms with Crippen molar-refractivity contribution in [2.75, 3.05) is 26.7 Å². The van der Waals surface area contributed by atoms with Crippen LogP contribution in [0.3, 0.4) is 0 Å². The molecular formula is C15H24N2O. The first-order valence-corrected chi connectivity index (χ1v) is 6.92. The first kappa shape index (κ1) is 13.4. The topological polar surface area (TPSA) is 35.5 Å². The van der Waals surface area contributed by atoms with E-state index in [-0.39, 0.29) is 0 Å². The fourth-order valence-electron chi connectivity index (χ4n) is 3.00. The van der Waals surface area contributed by atoms with Crippen LogP contribution in [0.5, 0.6) is 5.75 Å². The second kappa shape index (κ2) is 6.21. The molecule has 1 fully saturated rings. The number of likely N-dealkylation sites (tertiary alicyclic amines) is 1. The van der Waals surface area contributed by atoms with Crippen LogP contribution in [-0.2, 0) is 0 Å². The normalized spacial score (nSPS) is 22.2. The van der Waals surface area contributed by atoms with Gasteiger partial charge in [0, 0.05) is 12.6 Å². The van der Waals surface area contributed by atoms with Gasteiger partial charge in [0.2, 0.25) is 0 Å². The molecule has 1 aliphatic heterocycles. The predicted octanol–water partition coefficient (Wildman–Crippen LogP) is 2.38. The molecule has 0 bridgehead atoms. The highest BCUT2D eigenvalue weighted by Crippen LogP contribution is 2.30. The molecule has 2 atom stereocenters. The lowest BCUT2D eigenvalue weighted by Gasteiger charge is -2.27. The minimum absolute atomic E-state index is 0.350. The summed E-state index contributed by atoms with van der Waals surface area (Å²) >= 11 is 0. The van der Waals surface area contributed by atoms with Crippen molar-refractivity contribution in [3.05, 3.63) is 29.8 Å². The molecule has 1 saturated heterocycles. The summed E-state index contributed by atoms with van der Waals surface area (Å²) in [5.41, 5.74) is 1.32. The fraction of sp³-hybridized carbons (Fsp3) is 0.600. The molecule has 2 N–H and O–H groups in total. The van der Waals surface area contributed by atoms with E-state index in [2.05, 4.69) is 29.3 Å². The minimum Gasteiger partial charge on any atom is -0.508 e. The molecule has 0 amide bonds. The third-order valence-corrected chi connectivity index (χ3v) is 3.92. The van der Waals surface area contributed by atoms with Crippen molar-refractivity contribution in [1.82, 2.24) is 10.2 Å². The van der Waals surface area contributed by atoms with Gasteiger partial charge in [-0.2, -0.15) is 0 Å². The number of phenolic OH excluding ortho intramolecular Hbond substituents is 1. The van der Waals surface area contributed by atoms with Crippen LogP contribution in [0.15, 0.2) is 24.3 Å². The molecule has 0 saturated carbocycles. The van der Waals surface area contributed by atoms with Crippen molar-refractivity contribution >= 4 is 0 Å². The maximum absolute atomic E-state index is 9.37. The summed E-state index contributed by atoms with van der Waals surface area (Å²) in [7, 11) is 2.03. The number of hydrogen-bond acceptors (Lipinski definition) is 3. The van der Waals surface area contributed by atoms with Crippen LogP contribution in [0.1, 0.15) is 31.4 Å². The first-order valence-electron chi connectivity index (χ1n) is 6.92. The van der Waals surface area contributed by atoms with Crippen molar-refractivity contribution in [2.45, 2.75) is 25.8 Å². The van der Waals surface area contributed by atoms with Crippen molar-refractivity contribution in [1.29, 1.82) is 0 Å². The maximum atomic E-state index is 9.37. The van der Waals surface area contributed by atoms with Gasteiger partial charge < -0.3 is 10.4 Å². The lowest BCUT2D eigenvalue weighted by Crippen LogP contribution is -2.28. The summed E-state index contributed by atoms with van der Waals surface area (Å²) in [5, 5.41) is 12.6. The highest BCUT2D eigenvalue weighted by Gasteiger charge is 2.27. The van der Waals surface area contributed by atoms with Gasteiger partial charge in [-0.15, -0.1) is 0 Å². The molecule has 1 aromatic rings. The molecule has 0 spiro atoms. The van der Waals surface area contributed by atoms with E-state index in [0.29, 0.717) is 11.8 Å². The highest BCUT2D eigenvalue weighted by atomic mass is 16.3. The Labute approximate surface area is 110 Å². The Balaban J connectivity index is 2.03. The molecule has 1 heterocycles. The van der Waals surface area contributed by atoms with Crippen LogP contribution in [0.25, 0.3) is 0 Å². The van der Waals surface area contributed by atoms with Gasteiger partial charge in [-0.05, 0) is 56.6 Å². The number of rotatable bonds is 5. The largest absolute Gasteiger partial charge is 0.508 e. The average Bonchev–Trinajstić information content (AvgIpc) is 2.82. The smallest absolute Gasteiger partial charge is 0.115 e. The van der Waals surface area contributed by atoms with E-state index < -0.39 is 0 Å². The van der Waals surface area contributed by atoms with E-state index in [1.54, 1.807) is 12.1 Å². The van der Waals surface area contributed by atoms with E-state index >= 15 is 0 Å². The third-order valence-electron chi connectivity index (χ3n) is 3.92. The Morgan fingerprint density at radius 1 is 1.39 bits per heavy atom. The summed E-state index contributed by atoms with van der Waals surface area (Å²) in [6.07, 6.45) is 2.41. The lowest BCUT2D eigenvalue weighted by molar-refractivity contribution is 0.230. The van der Waals surface area contributed by atoms with Crippen molar-refractivity contribution < 1.29 is 5.11 Å². The van der Waals surface area contributed by atoms with Crippen molar-refractivity contribution in [3.8, 4) is 5.75 Å². The molecule has 1 aliphatic rings. The Morgan fingerprint density at radius 2 is 2.11 bits per heavy atom. The van der Waals surface area contributed by atoms with Crippen molar-refractivity contribution in [2.24, 2.45) is 5.92 Å². The quantitative estimate of drug-likeness (QED) is 0.840. The molecule has 18 heavy (non-hydrogen) atoms. The molecule has 3 nitrogen and oxygen atoms in total. The second-order valence-corrected chi connectivity index (χ2v) is 5.22. The zero-order chi connectivity index (χ0) is 13.0. The summed E-state index contributed by atoms with van der Waals surface area (Å²) < 4.78 is 0. The van der Waals surface area contributed by atoms with Gasteiger partial charge in [-0.3, -0.25) is 4.90 Å². The monoisotopic (exact) mass is 248 g/mol. The van der Waals surface area contributed by atoms with E-state index in [0.717, 1.165) is 18.9 Å². The fourth-order valence-corrected chi connectivity index (χ4v) is 3.00. The Hall–Kier alpha value is -1.06. The summed E-state index contributed by atoms with van der Waals surface area (Å²) in [5.74, 6) is 1.13. The number of aromatic hydroxyl groups is 1. The summed E-state index contributed by atoms with van der Waals surface area (Å²) in [4.78, 5) is 2.58. The zero-order valence-corrected chi connectivity index (χ0v) is 11.4. The maximum Gasteiger partial charge on any atom is 0.115 e. The molecule has 0 radical (unpaired) electrons. The van der Waals surface area contributed by atoms with Gasteiger partial charge in [0.1, 0.15) is 5.75 Å². The number of nitrogens with one attached hydrogen (secondary N) is 1. The van der Waals surface area contributed by atoms with Gasteiger partial charge in [0.05, 0.1) is 0 Å². The van der Waals surface area contributed by atoms with Crippen molar-refractivity contribution in [3.63, 3.8) is 0 Å². The average molecular weight is 248 g/mol.